The summed E-state index contributed by atoms with van der Waals surface area (Å²) in [4.78, 5) is 4.32. The van der Waals surface area contributed by atoms with Gasteiger partial charge in [-0.1, -0.05) is 20.8 Å². The molecule has 64 valence electrons. The van der Waals surface area contributed by atoms with Gasteiger partial charge in [-0.3, -0.25) is 4.99 Å². The molecular formula is C10H19N. The third-order valence-corrected chi connectivity index (χ3v) is 1.94. The molecule has 0 N–H and O–H groups in total. The van der Waals surface area contributed by atoms with Crippen LogP contribution >= 0.6 is 0 Å². The zero-order valence-corrected chi connectivity index (χ0v) is 8.31. The molecule has 0 aromatic carbocycles. The van der Waals surface area contributed by atoms with Crippen LogP contribution in [0.15, 0.2) is 16.3 Å². The van der Waals surface area contributed by atoms with Crippen molar-refractivity contribution in [2.24, 2.45) is 10.9 Å². The van der Waals surface area contributed by atoms with Gasteiger partial charge in [-0.2, -0.15) is 0 Å². The molecule has 0 rings (SSSR count). The Morgan fingerprint density at radius 2 is 2.00 bits per heavy atom. The molecule has 0 heterocycles. The van der Waals surface area contributed by atoms with Crippen molar-refractivity contribution >= 4 is 6.21 Å². The second kappa shape index (κ2) is 5.11. The van der Waals surface area contributed by atoms with Crippen molar-refractivity contribution in [3.63, 3.8) is 0 Å². The number of allylic oxidation sites excluding steroid dienone is 2. The van der Waals surface area contributed by atoms with Gasteiger partial charge in [0, 0.05) is 11.9 Å². The van der Waals surface area contributed by atoms with E-state index in [-0.39, 0.29) is 0 Å². The van der Waals surface area contributed by atoms with E-state index < -0.39 is 0 Å². The highest BCUT2D eigenvalue weighted by Gasteiger charge is 2.01. The Morgan fingerprint density at radius 1 is 1.45 bits per heavy atom. The number of hydrogen-bond donors (Lipinski definition) is 0. The van der Waals surface area contributed by atoms with Crippen LogP contribution in [0.4, 0.5) is 0 Å². The molecule has 0 aliphatic rings. The minimum Gasteiger partial charge on any atom is -0.266 e. The maximum Gasteiger partial charge on any atom is 0.0388 e. The van der Waals surface area contributed by atoms with E-state index in [1.165, 1.54) is 11.3 Å². The zero-order chi connectivity index (χ0) is 8.85. The second-order valence-corrected chi connectivity index (χ2v) is 3.03. The largest absolute Gasteiger partial charge is 0.266 e. The van der Waals surface area contributed by atoms with Crippen LogP contribution in [-0.2, 0) is 0 Å². The zero-order valence-electron chi connectivity index (χ0n) is 8.31. The molecule has 0 saturated heterocycles. The van der Waals surface area contributed by atoms with E-state index >= 15 is 0 Å². The third kappa shape index (κ3) is 3.35. The number of rotatable bonds is 3. The Morgan fingerprint density at radius 3 is 2.27 bits per heavy atom. The van der Waals surface area contributed by atoms with Crippen molar-refractivity contribution in [2.75, 3.05) is 0 Å². The second-order valence-electron chi connectivity index (χ2n) is 3.03. The molecule has 1 nitrogen and oxygen atoms in total. The summed E-state index contributed by atoms with van der Waals surface area (Å²) in [6.07, 6.45) is 2.90. The van der Waals surface area contributed by atoms with Crippen LogP contribution in [0, 0.1) is 5.92 Å². The molecule has 1 heteroatoms. The average Bonchev–Trinajstić information content (AvgIpc) is 1.98. The highest BCUT2D eigenvalue weighted by molar-refractivity contribution is 5.55. The van der Waals surface area contributed by atoms with Crippen molar-refractivity contribution < 1.29 is 0 Å². The van der Waals surface area contributed by atoms with E-state index in [2.05, 4.69) is 32.7 Å². The summed E-state index contributed by atoms with van der Waals surface area (Å²) in [5, 5.41) is 0. The van der Waals surface area contributed by atoms with E-state index in [1.807, 2.05) is 13.1 Å². The molecule has 11 heavy (non-hydrogen) atoms. The quantitative estimate of drug-likeness (QED) is 0.551. The number of hydrogen-bond acceptors (Lipinski definition) is 1. The Kier molecular flexibility index (Phi) is 4.84. The topological polar surface area (TPSA) is 12.4 Å². The van der Waals surface area contributed by atoms with Crippen LogP contribution in [0.25, 0.3) is 0 Å². The molecule has 0 amide bonds. The van der Waals surface area contributed by atoms with Crippen molar-refractivity contribution in [3.05, 3.63) is 11.3 Å². The van der Waals surface area contributed by atoms with Crippen LogP contribution < -0.4 is 0 Å². The monoisotopic (exact) mass is 153 g/mol. The highest BCUT2D eigenvalue weighted by Crippen LogP contribution is 2.17. The van der Waals surface area contributed by atoms with E-state index in [1.54, 1.807) is 0 Å². The molecule has 0 aliphatic heterocycles. The molecule has 0 fully saturated rings. The minimum absolute atomic E-state index is 0.619. The van der Waals surface area contributed by atoms with E-state index in [4.69, 9.17) is 0 Å². The average molecular weight is 153 g/mol. The molecule has 0 aromatic rings. The fourth-order valence-electron chi connectivity index (χ4n) is 0.961. The van der Waals surface area contributed by atoms with E-state index in [0.717, 1.165) is 6.42 Å². The molecule has 0 aliphatic carbocycles. The van der Waals surface area contributed by atoms with Gasteiger partial charge in [0.05, 0.1) is 0 Å². The van der Waals surface area contributed by atoms with Gasteiger partial charge in [-0.15, -0.1) is 0 Å². The van der Waals surface area contributed by atoms with Gasteiger partial charge in [0.25, 0.3) is 0 Å². The maximum absolute atomic E-state index is 4.32. The molecule has 0 bridgehead atoms. The lowest BCUT2D eigenvalue weighted by Gasteiger charge is -2.08. The van der Waals surface area contributed by atoms with Gasteiger partial charge in [-0.25, -0.2) is 0 Å². The Balaban J connectivity index is 4.53. The molecule has 0 atom stereocenters. The molecule has 0 aromatic heterocycles. The first kappa shape index (κ1) is 10.4. The summed E-state index contributed by atoms with van der Waals surface area (Å²) in [6, 6.07) is 0. The standard InChI is InChI=1S/C10H19N/c1-6-10(11-7-2)9(5)8(3)4/h7-8H,6H2,1-5H3/b10-9+,11-7?. The van der Waals surface area contributed by atoms with E-state index in [9.17, 15) is 0 Å². The summed E-state index contributed by atoms with van der Waals surface area (Å²) in [6.45, 7) is 10.7. The maximum atomic E-state index is 4.32. The first-order chi connectivity index (χ1) is 5.13. The first-order valence-electron chi connectivity index (χ1n) is 4.31. The summed E-state index contributed by atoms with van der Waals surface area (Å²) in [5.74, 6) is 0.619. The predicted octanol–water partition coefficient (Wildman–Crippen LogP) is 3.42. The molecule has 0 radical (unpaired) electrons. The third-order valence-electron chi connectivity index (χ3n) is 1.94. The Labute approximate surface area is 70.2 Å². The molecular weight excluding hydrogens is 134 g/mol. The van der Waals surface area contributed by atoms with Gasteiger partial charge in [0.2, 0.25) is 0 Å². The van der Waals surface area contributed by atoms with Crippen molar-refractivity contribution in [3.8, 4) is 0 Å². The lowest BCUT2D eigenvalue weighted by Crippen LogP contribution is -1.93. The fourth-order valence-corrected chi connectivity index (χ4v) is 0.961. The van der Waals surface area contributed by atoms with Crippen molar-refractivity contribution in [1.82, 2.24) is 0 Å². The van der Waals surface area contributed by atoms with Crippen LogP contribution in [-0.4, -0.2) is 6.21 Å². The SMILES string of the molecule is CC=N/C(CC)=C(\C)C(C)C. The molecule has 0 saturated carbocycles. The van der Waals surface area contributed by atoms with Crippen LogP contribution in [0.5, 0.6) is 0 Å². The van der Waals surface area contributed by atoms with E-state index in [0.29, 0.717) is 5.92 Å². The van der Waals surface area contributed by atoms with Crippen LogP contribution in [0.3, 0.4) is 0 Å². The lowest BCUT2D eigenvalue weighted by atomic mass is 10.0. The fraction of sp³-hybridized carbons (Fsp3) is 0.700. The summed E-state index contributed by atoms with van der Waals surface area (Å²) >= 11 is 0. The van der Waals surface area contributed by atoms with Gasteiger partial charge >= 0.3 is 0 Å². The Bertz CT molecular complexity index is 164. The summed E-state index contributed by atoms with van der Waals surface area (Å²) < 4.78 is 0. The summed E-state index contributed by atoms with van der Waals surface area (Å²) in [7, 11) is 0. The van der Waals surface area contributed by atoms with Crippen LogP contribution in [0.2, 0.25) is 0 Å². The minimum atomic E-state index is 0.619. The van der Waals surface area contributed by atoms with Gasteiger partial charge < -0.3 is 0 Å². The number of nitrogens with zero attached hydrogens (tertiary/aromatic N) is 1. The molecule has 0 unspecified atom stereocenters. The normalized spacial score (nSPS) is 14.4. The lowest BCUT2D eigenvalue weighted by molar-refractivity contribution is 0.745. The van der Waals surface area contributed by atoms with Gasteiger partial charge in [0.15, 0.2) is 0 Å². The first-order valence-corrected chi connectivity index (χ1v) is 4.31. The van der Waals surface area contributed by atoms with Gasteiger partial charge in [-0.05, 0) is 31.8 Å². The van der Waals surface area contributed by atoms with Crippen molar-refractivity contribution in [1.29, 1.82) is 0 Å². The smallest absolute Gasteiger partial charge is 0.0388 e. The summed E-state index contributed by atoms with van der Waals surface area (Å²) in [5.41, 5.74) is 2.65. The number of aliphatic imine (C=N–C) groups is 1. The Hall–Kier alpha value is -0.590. The van der Waals surface area contributed by atoms with Crippen molar-refractivity contribution in [2.45, 2.75) is 41.0 Å². The highest BCUT2D eigenvalue weighted by atomic mass is 14.7. The predicted molar refractivity (Wildman–Crippen MR) is 52.0 cm³/mol. The molecule has 0 spiro atoms. The van der Waals surface area contributed by atoms with Crippen LogP contribution in [0.1, 0.15) is 41.0 Å². The van der Waals surface area contributed by atoms with Gasteiger partial charge in [0.1, 0.15) is 0 Å².